The van der Waals surface area contributed by atoms with Gasteiger partial charge in [-0.1, -0.05) is 33.6 Å². The van der Waals surface area contributed by atoms with Crippen LogP contribution in [-0.2, 0) is 4.74 Å². The van der Waals surface area contributed by atoms with Crippen molar-refractivity contribution in [2.24, 2.45) is 17.8 Å². The van der Waals surface area contributed by atoms with Crippen molar-refractivity contribution >= 4 is 0 Å². The fraction of sp³-hybridized carbons (Fsp3) is 1.00. The van der Waals surface area contributed by atoms with Crippen LogP contribution in [-0.4, -0.2) is 24.4 Å². The van der Waals surface area contributed by atoms with Crippen LogP contribution in [0.4, 0.5) is 0 Å². The van der Waals surface area contributed by atoms with E-state index in [1.807, 2.05) is 0 Å². The van der Waals surface area contributed by atoms with Crippen LogP contribution in [0.3, 0.4) is 0 Å². The Labute approximate surface area is 107 Å². The molecule has 0 spiro atoms. The molecule has 102 valence electrons. The van der Waals surface area contributed by atoms with E-state index in [1.165, 1.54) is 25.7 Å². The summed E-state index contributed by atoms with van der Waals surface area (Å²) >= 11 is 0. The summed E-state index contributed by atoms with van der Waals surface area (Å²) in [5.41, 5.74) is 0. The van der Waals surface area contributed by atoms with E-state index < -0.39 is 0 Å². The minimum Gasteiger partial charge on any atom is -0.393 e. The van der Waals surface area contributed by atoms with Gasteiger partial charge in [-0.2, -0.15) is 0 Å². The summed E-state index contributed by atoms with van der Waals surface area (Å²) in [4.78, 5) is 0. The topological polar surface area (TPSA) is 29.5 Å². The molecule has 17 heavy (non-hydrogen) atoms. The van der Waals surface area contributed by atoms with Gasteiger partial charge < -0.3 is 9.84 Å². The molecular formula is C15H30O2. The molecule has 1 aliphatic carbocycles. The van der Waals surface area contributed by atoms with Crippen molar-refractivity contribution in [1.29, 1.82) is 0 Å². The van der Waals surface area contributed by atoms with Crippen molar-refractivity contribution in [2.45, 2.75) is 65.4 Å². The van der Waals surface area contributed by atoms with Crippen molar-refractivity contribution in [3.05, 3.63) is 0 Å². The number of aliphatic hydroxyl groups excluding tert-OH is 1. The fourth-order valence-electron chi connectivity index (χ4n) is 2.53. The number of ether oxygens (including phenoxy) is 1. The highest BCUT2D eigenvalue weighted by molar-refractivity contribution is 4.75. The van der Waals surface area contributed by atoms with E-state index in [9.17, 15) is 5.11 Å². The lowest BCUT2D eigenvalue weighted by Crippen LogP contribution is -2.26. The first-order chi connectivity index (χ1) is 8.09. The molecule has 0 saturated heterocycles. The van der Waals surface area contributed by atoms with Crippen LogP contribution in [0.25, 0.3) is 0 Å². The van der Waals surface area contributed by atoms with Gasteiger partial charge in [0.25, 0.3) is 0 Å². The normalized spacial score (nSPS) is 27.4. The lowest BCUT2D eigenvalue weighted by Gasteiger charge is -2.29. The molecule has 0 aromatic heterocycles. The van der Waals surface area contributed by atoms with Crippen LogP contribution in [0.1, 0.15) is 59.3 Å². The summed E-state index contributed by atoms with van der Waals surface area (Å²) in [5.74, 6) is 2.10. The highest BCUT2D eigenvalue weighted by Gasteiger charge is 2.24. The van der Waals surface area contributed by atoms with E-state index in [0.29, 0.717) is 11.8 Å². The second-order valence-electron chi connectivity index (χ2n) is 6.17. The third-order valence-corrected chi connectivity index (χ3v) is 4.00. The first kappa shape index (κ1) is 15.0. The van der Waals surface area contributed by atoms with Crippen molar-refractivity contribution in [3.8, 4) is 0 Å². The van der Waals surface area contributed by atoms with Crippen LogP contribution in [0.15, 0.2) is 0 Å². The highest BCUT2D eigenvalue weighted by atomic mass is 16.5. The van der Waals surface area contributed by atoms with Gasteiger partial charge >= 0.3 is 0 Å². The van der Waals surface area contributed by atoms with E-state index in [0.717, 1.165) is 32.0 Å². The summed E-state index contributed by atoms with van der Waals surface area (Å²) in [6.45, 7) is 8.30. The molecule has 1 aliphatic rings. The Morgan fingerprint density at radius 1 is 1.06 bits per heavy atom. The molecule has 1 atom stereocenters. The van der Waals surface area contributed by atoms with Crippen LogP contribution < -0.4 is 0 Å². The Balaban J connectivity index is 2.02. The molecule has 0 aromatic rings. The van der Waals surface area contributed by atoms with Crippen molar-refractivity contribution in [3.63, 3.8) is 0 Å². The SMILES string of the molecule is CC(C)CCOCCC(O)C1CCC(C)CC1. The Kier molecular flexibility index (Phi) is 7.14. The van der Waals surface area contributed by atoms with E-state index >= 15 is 0 Å². The second-order valence-corrected chi connectivity index (χ2v) is 6.17. The standard InChI is InChI=1S/C15H30O2/c1-12(2)8-10-17-11-9-15(16)14-6-4-13(3)5-7-14/h12-16H,4-11H2,1-3H3. The maximum atomic E-state index is 10.1. The molecule has 0 radical (unpaired) electrons. The minimum atomic E-state index is -0.137. The molecule has 0 aliphatic heterocycles. The molecule has 1 N–H and O–H groups in total. The first-order valence-electron chi connectivity index (χ1n) is 7.35. The number of hydrogen-bond donors (Lipinski definition) is 1. The highest BCUT2D eigenvalue weighted by Crippen LogP contribution is 2.31. The van der Waals surface area contributed by atoms with Gasteiger partial charge in [0.1, 0.15) is 0 Å². The van der Waals surface area contributed by atoms with Crippen LogP contribution >= 0.6 is 0 Å². The molecule has 0 aromatic carbocycles. The molecule has 1 saturated carbocycles. The monoisotopic (exact) mass is 242 g/mol. The maximum absolute atomic E-state index is 10.1. The van der Waals surface area contributed by atoms with Gasteiger partial charge in [-0.3, -0.25) is 0 Å². The number of rotatable bonds is 7. The summed E-state index contributed by atoms with van der Waals surface area (Å²) in [6.07, 6.45) is 6.78. The fourth-order valence-corrected chi connectivity index (χ4v) is 2.53. The smallest absolute Gasteiger partial charge is 0.0590 e. The molecule has 1 rings (SSSR count). The van der Waals surface area contributed by atoms with Gasteiger partial charge in [-0.25, -0.2) is 0 Å². The van der Waals surface area contributed by atoms with Crippen molar-refractivity contribution < 1.29 is 9.84 Å². The number of aliphatic hydroxyl groups is 1. The zero-order valence-corrected chi connectivity index (χ0v) is 11.8. The van der Waals surface area contributed by atoms with E-state index in [1.54, 1.807) is 0 Å². The quantitative estimate of drug-likeness (QED) is 0.691. The third kappa shape index (κ3) is 6.42. The van der Waals surface area contributed by atoms with Gasteiger partial charge in [0.15, 0.2) is 0 Å². The van der Waals surface area contributed by atoms with Crippen molar-refractivity contribution in [1.82, 2.24) is 0 Å². The Bertz CT molecular complexity index is 183. The maximum Gasteiger partial charge on any atom is 0.0590 e. The van der Waals surface area contributed by atoms with Crippen LogP contribution in [0.2, 0.25) is 0 Å². The van der Waals surface area contributed by atoms with Gasteiger partial charge in [-0.15, -0.1) is 0 Å². The Hall–Kier alpha value is -0.0800. The minimum absolute atomic E-state index is 0.137. The average Bonchev–Trinajstić information content (AvgIpc) is 2.29. The Morgan fingerprint density at radius 2 is 1.65 bits per heavy atom. The van der Waals surface area contributed by atoms with Gasteiger partial charge in [0, 0.05) is 13.2 Å². The molecule has 0 amide bonds. The largest absolute Gasteiger partial charge is 0.393 e. The number of hydrogen-bond acceptors (Lipinski definition) is 2. The predicted molar refractivity (Wildman–Crippen MR) is 72.0 cm³/mol. The molecule has 0 bridgehead atoms. The molecule has 1 fully saturated rings. The first-order valence-corrected chi connectivity index (χ1v) is 7.35. The summed E-state index contributed by atoms with van der Waals surface area (Å²) in [6, 6.07) is 0. The molecular weight excluding hydrogens is 212 g/mol. The molecule has 0 heterocycles. The van der Waals surface area contributed by atoms with Crippen LogP contribution in [0.5, 0.6) is 0 Å². The molecule has 1 unspecified atom stereocenters. The van der Waals surface area contributed by atoms with E-state index in [2.05, 4.69) is 20.8 Å². The van der Waals surface area contributed by atoms with Crippen LogP contribution in [0, 0.1) is 17.8 Å². The predicted octanol–water partition coefficient (Wildman–Crippen LogP) is 3.63. The lowest BCUT2D eigenvalue weighted by atomic mass is 9.79. The summed E-state index contributed by atoms with van der Waals surface area (Å²) < 4.78 is 5.57. The average molecular weight is 242 g/mol. The lowest BCUT2D eigenvalue weighted by molar-refractivity contribution is 0.0321. The van der Waals surface area contributed by atoms with Gasteiger partial charge in [0.2, 0.25) is 0 Å². The second kappa shape index (κ2) is 8.10. The van der Waals surface area contributed by atoms with E-state index in [-0.39, 0.29) is 6.10 Å². The van der Waals surface area contributed by atoms with E-state index in [4.69, 9.17) is 4.74 Å². The van der Waals surface area contributed by atoms with Gasteiger partial charge in [-0.05, 0) is 43.4 Å². The molecule has 2 nitrogen and oxygen atoms in total. The van der Waals surface area contributed by atoms with Crippen molar-refractivity contribution in [2.75, 3.05) is 13.2 Å². The zero-order valence-electron chi connectivity index (χ0n) is 11.8. The summed E-state index contributed by atoms with van der Waals surface area (Å²) in [5, 5.41) is 10.1. The third-order valence-electron chi connectivity index (χ3n) is 4.00. The van der Waals surface area contributed by atoms with Gasteiger partial charge in [0.05, 0.1) is 6.10 Å². The molecule has 2 heteroatoms. The Morgan fingerprint density at radius 3 is 2.24 bits per heavy atom. The summed E-state index contributed by atoms with van der Waals surface area (Å²) in [7, 11) is 0. The zero-order chi connectivity index (χ0) is 12.7.